The average molecular weight is 556 g/mol. The number of anilines is 3. The topological polar surface area (TPSA) is 118 Å². The number of carbonyl (C=O) groups is 2. The molecule has 0 unspecified atom stereocenters. The fraction of sp³-hybridized carbons (Fsp3) is 0.258. The van der Waals surface area contributed by atoms with Crippen LogP contribution in [0.3, 0.4) is 0 Å². The Bertz CT molecular complexity index is 1620. The third-order valence-corrected chi connectivity index (χ3v) is 6.69. The number of fused-ring (bicyclic) bond motifs is 1. The monoisotopic (exact) mass is 555 g/mol. The molecule has 9 heteroatoms. The zero-order chi connectivity index (χ0) is 29.1. The number of aryl methyl sites for hydroxylation is 1. The van der Waals surface area contributed by atoms with Gasteiger partial charge in [0.05, 0.1) is 15.8 Å². The molecule has 2 aromatic heterocycles. The van der Waals surface area contributed by atoms with Gasteiger partial charge >= 0.3 is 12.1 Å². The molecule has 5 N–H and O–H groups in total. The number of aromatic nitrogens is 1. The zero-order valence-corrected chi connectivity index (χ0v) is 24.2. The second-order valence-electron chi connectivity index (χ2n) is 10.9. The van der Waals surface area contributed by atoms with Crippen molar-refractivity contribution in [1.82, 2.24) is 10.3 Å². The summed E-state index contributed by atoms with van der Waals surface area (Å²) >= 11 is 1.52. The third kappa shape index (κ3) is 7.30. The van der Waals surface area contributed by atoms with Gasteiger partial charge in [-0.25, -0.2) is 14.6 Å². The molecule has 0 fully saturated rings. The lowest BCUT2D eigenvalue weighted by molar-refractivity contribution is 0.0494. The summed E-state index contributed by atoms with van der Waals surface area (Å²) in [6.07, 6.45) is 1.12. The van der Waals surface area contributed by atoms with Gasteiger partial charge in [-0.1, -0.05) is 36.1 Å². The summed E-state index contributed by atoms with van der Waals surface area (Å²) in [4.78, 5) is 29.0. The average Bonchev–Trinajstić information content (AvgIpc) is 3.29. The minimum Gasteiger partial charge on any atom is -0.444 e. The number of nitrogens with one attached hydrogen (secondary N) is 3. The number of thiophene rings is 1. The van der Waals surface area contributed by atoms with E-state index < -0.39 is 17.2 Å². The van der Waals surface area contributed by atoms with Crippen molar-refractivity contribution in [2.24, 2.45) is 0 Å². The van der Waals surface area contributed by atoms with Gasteiger partial charge in [0, 0.05) is 28.5 Å². The van der Waals surface area contributed by atoms with Gasteiger partial charge in [-0.2, -0.15) is 0 Å². The van der Waals surface area contributed by atoms with Crippen molar-refractivity contribution in [3.8, 4) is 23.0 Å². The predicted octanol–water partition coefficient (Wildman–Crippen LogP) is 7.15. The molecule has 8 nitrogen and oxygen atoms in total. The van der Waals surface area contributed by atoms with Crippen LogP contribution in [0.25, 0.3) is 21.2 Å². The maximum Gasteiger partial charge on any atom is 0.408 e. The van der Waals surface area contributed by atoms with Gasteiger partial charge in [-0.15, -0.1) is 11.3 Å². The molecule has 2 aromatic carbocycles. The molecule has 0 saturated carbocycles. The largest absolute Gasteiger partial charge is 0.444 e. The van der Waals surface area contributed by atoms with Crippen LogP contribution in [0.5, 0.6) is 0 Å². The van der Waals surface area contributed by atoms with E-state index in [1.807, 2.05) is 95.5 Å². The Morgan fingerprint density at radius 2 is 1.70 bits per heavy atom. The fourth-order valence-corrected chi connectivity index (χ4v) is 4.98. The maximum atomic E-state index is 12.4. The number of hydrogen-bond acceptors (Lipinski definition) is 6. The first-order chi connectivity index (χ1) is 18.8. The number of amides is 3. The highest BCUT2D eigenvalue weighted by atomic mass is 32.1. The highest BCUT2D eigenvalue weighted by molar-refractivity contribution is 7.18. The van der Waals surface area contributed by atoms with Crippen molar-refractivity contribution in [3.63, 3.8) is 0 Å². The van der Waals surface area contributed by atoms with Crippen molar-refractivity contribution in [1.29, 1.82) is 0 Å². The lowest BCUT2D eigenvalue weighted by Crippen LogP contribution is -2.44. The van der Waals surface area contributed by atoms with E-state index in [1.54, 1.807) is 6.20 Å². The summed E-state index contributed by atoms with van der Waals surface area (Å²) in [5, 5.41) is 11.3. The van der Waals surface area contributed by atoms with Crippen LogP contribution in [-0.4, -0.2) is 28.2 Å². The molecule has 3 amide bonds. The number of benzene rings is 2. The van der Waals surface area contributed by atoms with Crippen LogP contribution in [0.1, 0.15) is 45.7 Å². The Hall–Kier alpha value is -4.55. The van der Waals surface area contributed by atoms with Gasteiger partial charge in [-0.3, -0.25) is 0 Å². The Morgan fingerprint density at radius 3 is 2.38 bits per heavy atom. The number of ether oxygens (including phenoxy) is 1. The number of alkyl carbamates (subject to hydrolysis) is 1. The molecule has 206 valence electrons. The summed E-state index contributed by atoms with van der Waals surface area (Å²) in [7, 11) is 0. The number of nitrogens with two attached hydrogens (primary N) is 1. The quantitative estimate of drug-likeness (QED) is 0.199. The molecule has 4 aromatic rings. The summed E-state index contributed by atoms with van der Waals surface area (Å²) in [6.45, 7) is 11.0. The Labute approximate surface area is 238 Å². The number of nitrogen functional groups attached to an aromatic ring is 1. The molecule has 0 aliphatic rings. The molecule has 0 aliphatic carbocycles. The smallest absolute Gasteiger partial charge is 0.408 e. The minimum atomic E-state index is -0.829. The van der Waals surface area contributed by atoms with Crippen LogP contribution in [0.15, 0.2) is 60.1 Å². The fourth-order valence-electron chi connectivity index (χ4n) is 3.93. The SMILES string of the molecule is Cc1cccc(NC(=O)Nc2ccc(-c3csc4c(C#CC(C)(C)NC(=O)OC(C)(C)C)cnc(N)c34)cc2)c1. The second-order valence-corrected chi connectivity index (χ2v) is 11.8. The number of nitrogens with zero attached hydrogens (tertiary/aromatic N) is 1. The van der Waals surface area contributed by atoms with E-state index in [0.717, 1.165) is 32.5 Å². The van der Waals surface area contributed by atoms with E-state index in [0.29, 0.717) is 17.1 Å². The van der Waals surface area contributed by atoms with E-state index in [2.05, 4.69) is 32.8 Å². The Balaban J connectivity index is 1.52. The van der Waals surface area contributed by atoms with Gasteiger partial charge in [-0.05, 0) is 82.3 Å². The first kappa shape index (κ1) is 28.5. The van der Waals surface area contributed by atoms with Crippen molar-refractivity contribution < 1.29 is 14.3 Å². The maximum absolute atomic E-state index is 12.4. The van der Waals surface area contributed by atoms with Crippen LogP contribution < -0.4 is 21.7 Å². The van der Waals surface area contributed by atoms with Crippen LogP contribution in [0, 0.1) is 18.8 Å². The van der Waals surface area contributed by atoms with E-state index >= 15 is 0 Å². The van der Waals surface area contributed by atoms with E-state index in [9.17, 15) is 9.59 Å². The summed E-state index contributed by atoms with van der Waals surface area (Å²) < 4.78 is 6.26. The van der Waals surface area contributed by atoms with Crippen LogP contribution in [0.2, 0.25) is 0 Å². The van der Waals surface area contributed by atoms with Gasteiger partial charge in [0.15, 0.2) is 0 Å². The summed E-state index contributed by atoms with van der Waals surface area (Å²) in [5.74, 6) is 6.68. The van der Waals surface area contributed by atoms with Crippen molar-refractivity contribution in [3.05, 3.63) is 71.2 Å². The predicted molar refractivity (Wildman–Crippen MR) is 164 cm³/mol. The van der Waals surface area contributed by atoms with E-state index in [4.69, 9.17) is 10.5 Å². The highest BCUT2D eigenvalue weighted by Crippen LogP contribution is 2.38. The first-order valence-electron chi connectivity index (χ1n) is 12.7. The Kier molecular flexibility index (Phi) is 8.03. The van der Waals surface area contributed by atoms with Gasteiger partial charge in [0.1, 0.15) is 11.4 Å². The number of urea groups is 1. The first-order valence-corrected chi connectivity index (χ1v) is 13.6. The molecule has 0 bridgehead atoms. The van der Waals surface area contributed by atoms with Crippen LogP contribution in [0.4, 0.5) is 26.8 Å². The molecule has 0 spiro atoms. The van der Waals surface area contributed by atoms with Crippen LogP contribution in [-0.2, 0) is 4.74 Å². The number of carbonyl (C=O) groups excluding carboxylic acids is 2. The minimum absolute atomic E-state index is 0.319. The van der Waals surface area contributed by atoms with Crippen molar-refractivity contribution >= 4 is 50.7 Å². The molecule has 40 heavy (non-hydrogen) atoms. The molecule has 0 atom stereocenters. The lowest BCUT2D eigenvalue weighted by atomic mass is 10.0. The summed E-state index contributed by atoms with van der Waals surface area (Å²) in [6, 6.07) is 14.8. The Morgan fingerprint density at radius 1 is 1.00 bits per heavy atom. The summed E-state index contributed by atoms with van der Waals surface area (Å²) in [5.41, 5.74) is 9.89. The third-order valence-electron chi connectivity index (χ3n) is 5.68. The second kappa shape index (κ2) is 11.3. The molecule has 0 radical (unpaired) electrons. The van der Waals surface area contributed by atoms with Gasteiger partial charge in [0.2, 0.25) is 0 Å². The molecule has 4 rings (SSSR count). The van der Waals surface area contributed by atoms with E-state index in [1.165, 1.54) is 11.3 Å². The molecule has 0 saturated heterocycles. The molecule has 0 aliphatic heterocycles. The lowest BCUT2D eigenvalue weighted by Gasteiger charge is -2.24. The molecular formula is C31H33N5O3S. The normalized spacial score (nSPS) is 11.3. The molecular weight excluding hydrogens is 522 g/mol. The van der Waals surface area contributed by atoms with Crippen molar-refractivity contribution in [2.75, 3.05) is 16.4 Å². The number of hydrogen-bond donors (Lipinski definition) is 4. The van der Waals surface area contributed by atoms with Gasteiger partial charge < -0.3 is 26.4 Å². The van der Waals surface area contributed by atoms with E-state index in [-0.39, 0.29) is 6.03 Å². The van der Waals surface area contributed by atoms with Gasteiger partial charge in [0.25, 0.3) is 0 Å². The standard InChI is InChI=1S/C31H33N5O3S/c1-19-8-7-9-23(16-19)35-28(37)34-22-12-10-20(11-13-22)24-18-40-26-21(17-33-27(32)25(24)26)14-15-31(5,6)36-29(38)39-30(2,3)4/h7-13,16-18H,1-6H3,(H2,32,33)(H,36,38)(H2,34,35,37). The highest BCUT2D eigenvalue weighted by Gasteiger charge is 2.23. The molecule has 2 heterocycles. The zero-order valence-electron chi connectivity index (χ0n) is 23.4. The number of pyridine rings is 1. The number of rotatable bonds is 4. The van der Waals surface area contributed by atoms with Crippen LogP contribution >= 0.6 is 11.3 Å². The van der Waals surface area contributed by atoms with Crippen molar-refractivity contribution in [2.45, 2.75) is 52.7 Å².